The number of nitrogens with zero attached hydrogens (tertiary/aromatic N) is 2. The maximum absolute atomic E-state index is 13.7. The van der Waals surface area contributed by atoms with Crippen molar-refractivity contribution in [1.82, 2.24) is 0 Å². The number of nitro benzene ring substituents is 1. The molecule has 1 unspecified atom stereocenters. The van der Waals surface area contributed by atoms with Crippen molar-refractivity contribution >= 4 is 23.2 Å². The van der Waals surface area contributed by atoms with Gasteiger partial charge in [0, 0.05) is 35.4 Å². The highest BCUT2D eigenvalue weighted by Gasteiger charge is 2.45. The van der Waals surface area contributed by atoms with Gasteiger partial charge in [0.05, 0.1) is 4.92 Å². The summed E-state index contributed by atoms with van der Waals surface area (Å²) in [6, 6.07) is 22.6. The first-order valence-electron chi connectivity index (χ1n) is 12.4. The van der Waals surface area contributed by atoms with E-state index in [1.54, 1.807) is 6.92 Å². The molecular weight excluding hydrogens is 484 g/mol. The van der Waals surface area contributed by atoms with E-state index in [0.29, 0.717) is 29.0 Å². The Hall–Kier alpha value is -4.59. The molecule has 38 heavy (non-hydrogen) atoms. The highest BCUT2D eigenvalue weighted by Crippen LogP contribution is 2.47. The molecule has 0 N–H and O–H groups in total. The zero-order chi connectivity index (χ0) is 26.8. The van der Waals surface area contributed by atoms with Crippen molar-refractivity contribution < 1.29 is 24.4 Å². The third kappa shape index (κ3) is 4.85. The molecule has 3 aromatic carbocycles. The lowest BCUT2D eigenvalue weighted by molar-refractivity contribution is -0.398. The van der Waals surface area contributed by atoms with Gasteiger partial charge in [0.15, 0.2) is 5.78 Å². The fourth-order valence-electron chi connectivity index (χ4n) is 5.37. The molecule has 0 radical (unpaired) electrons. The second-order valence-corrected chi connectivity index (χ2v) is 9.59. The molecule has 0 bridgehead atoms. The summed E-state index contributed by atoms with van der Waals surface area (Å²) >= 11 is 0. The summed E-state index contributed by atoms with van der Waals surface area (Å²) in [5.74, 6) is -3.38. The number of hydrogen-bond donors (Lipinski definition) is 0. The number of ether oxygens (including phenoxy) is 1. The number of Topliss-reactive ketones (excluding diaryl/α,β-unsaturated/α-hetero) is 1. The summed E-state index contributed by atoms with van der Waals surface area (Å²) in [7, 11) is 0. The largest absolute Gasteiger partial charge is 0.868 e. The molecule has 1 heterocycles. The molecule has 0 saturated carbocycles. The smallest absolute Gasteiger partial charge is 0.315 e. The standard InChI is InChI=1S/C30H26N2O6/c1-18-27(30(35)38-17-19-8-4-2-5-9-19)28(21-12-13-25(33)24(15-21)32(36)37)29-23(31-18)14-22(16-26(29)34)20-10-6-3-7-11-20/h2-13,15,22,27-28,33H,14,16-17H2,1H3/p-1/t22-,27?,28+/m0/s1. The Morgan fingerprint density at radius 3 is 2.37 bits per heavy atom. The minimum atomic E-state index is -0.966. The van der Waals surface area contributed by atoms with Crippen molar-refractivity contribution in [2.45, 2.75) is 38.2 Å². The number of ketones is 1. The molecule has 5 rings (SSSR count). The number of carbonyl (C=O) groups excluding carboxylic acids is 2. The molecule has 0 aromatic heterocycles. The quantitative estimate of drug-likeness (QED) is 0.262. The van der Waals surface area contributed by atoms with Gasteiger partial charge in [0.1, 0.15) is 12.5 Å². The Bertz CT molecular complexity index is 1460. The second kappa shape index (κ2) is 10.4. The van der Waals surface area contributed by atoms with Crippen molar-refractivity contribution in [3.8, 4) is 5.75 Å². The molecule has 0 fully saturated rings. The number of rotatable bonds is 6. The van der Waals surface area contributed by atoms with E-state index >= 15 is 0 Å². The van der Waals surface area contributed by atoms with E-state index < -0.39 is 34.2 Å². The van der Waals surface area contributed by atoms with Gasteiger partial charge >= 0.3 is 5.97 Å². The van der Waals surface area contributed by atoms with E-state index in [-0.39, 0.29) is 24.7 Å². The average Bonchev–Trinajstić information content (AvgIpc) is 2.92. The normalized spacial score (nSPS) is 20.9. The van der Waals surface area contributed by atoms with Gasteiger partial charge in [0.2, 0.25) is 0 Å². The molecular formula is C30H25N2O6-. The molecule has 8 heteroatoms. The summed E-state index contributed by atoms with van der Waals surface area (Å²) in [6.45, 7) is 1.74. The summed E-state index contributed by atoms with van der Waals surface area (Å²) in [6.07, 6.45) is 0.716. The summed E-state index contributed by atoms with van der Waals surface area (Å²) in [5.41, 5.74) is 2.94. The van der Waals surface area contributed by atoms with Crippen molar-refractivity contribution in [3.63, 3.8) is 0 Å². The van der Waals surface area contributed by atoms with Crippen LogP contribution in [-0.4, -0.2) is 22.4 Å². The van der Waals surface area contributed by atoms with Gasteiger partial charge in [-0.05, 0) is 41.7 Å². The molecule has 1 aliphatic heterocycles. The van der Waals surface area contributed by atoms with Crippen LogP contribution < -0.4 is 5.11 Å². The van der Waals surface area contributed by atoms with Gasteiger partial charge in [-0.1, -0.05) is 72.8 Å². The third-order valence-corrected chi connectivity index (χ3v) is 7.18. The number of carbonyl (C=O) groups is 2. The predicted octanol–water partition coefficient (Wildman–Crippen LogP) is 4.99. The van der Waals surface area contributed by atoms with E-state index in [9.17, 15) is 24.8 Å². The number of allylic oxidation sites excluding steroid dienone is 2. The highest BCUT2D eigenvalue weighted by atomic mass is 16.6. The van der Waals surface area contributed by atoms with Crippen LogP contribution in [0.3, 0.4) is 0 Å². The van der Waals surface area contributed by atoms with Gasteiger partial charge in [-0.25, -0.2) is 0 Å². The van der Waals surface area contributed by atoms with Gasteiger partial charge in [-0.15, -0.1) is 0 Å². The van der Waals surface area contributed by atoms with E-state index in [1.165, 1.54) is 12.1 Å². The monoisotopic (exact) mass is 509 g/mol. The maximum Gasteiger partial charge on any atom is 0.315 e. The van der Waals surface area contributed by atoms with Crippen molar-refractivity contribution in [2.75, 3.05) is 0 Å². The van der Waals surface area contributed by atoms with Crippen LogP contribution in [0.4, 0.5) is 5.69 Å². The number of nitro groups is 1. The fraction of sp³-hybridized carbons (Fsp3) is 0.233. The van der Waals surface area contributed by atoms with Crippen LogP contribution in [0.2, 0.25) is 0 Å². The van der Waals surface area contributed by atoms with Gasteiger partial charge in [0.25, 0.3) is 5.69 Å². The number of hydrogen-bond acceptors (Lipinski definition) is 7. The lowest BCUT2D eigenvalue weighted by Crippen LogP contribution is -2.38. The van der Waals surface area contributed by atoms with Crippen LogP contribution >= 0.6 is 0 Å². The first-order chi connectivity index (χ1) is 18.3. The van der Waals surface area contributed by atoms with Crippen LogP contribution in [0.15, 0.2) is 95.1 Å². The molecule has 0 saturated heterocycles. The van der Waals surface area contributed by atoms with E-state index in [2.05, 4.69) is 0 Å². The van der Waals surface area contributed by atoms with Gasteiger partial charge in [-0.3, -0.25) is 24.7 Å². The molecule has 3 atom stereocenters. The summed E-state index contributed by atoms with van der Waals surface area (Å²) in [5, 5.41) is 23.7. The molecule has 0 spiro atoms. The predicted molar refractivity (Wildman–Crippen MR) is 139 cm³/mol. The topological polar surface area (TPSA) is 122 Å². The van der Waals surface area contributed by atoms with Crippen LogP contribution in [0.5, 0.6) is 5.75 Å². The van der Waals surface area contributed by atoms with Crippen molar-refractivity contribution in [2.24, 2.45) is 10.9 Å². The Morgan fingerprint density at radius 1 is 1.00 bits per heavy atom. The minimum Gasteiger partial charge on any atom is -0.868 e. The molecule has 2 aliphatic rings. The van der Waals surface area contributed by atoms with Crippen molar-refractivity contribution in [1.29, 1.82) is 0 Å². The Balaban J connectivity index is 1.56. The van der Waals surface area contributed by atoms with Crippen molar-refractivity contribution in [3.05, 3.63) is 117 Å². The second-order valence-electron chi connectivity index (χ2n) is 9.59. The first-order valence-corrected chi connectivity index (χ1v) is 12.4. The van der Waals surface area contributed by atoms with E-state index in [4.69, 9.17) is 9.73 Å². The molecule has 8 nitrogen and oxygen atoms in total. The van der Waals surface area contributed by atoms with E-state index in [0.717, 1.165) is 17.2 Å². The lowest BCUT2D eigenvalue weighted by Gasteiger charge is -2.36. The zero-order valence-electron chi connectivity index (χ0n) is 20.7. The third-order valence-electron chi connectivity index (χ3n) is 7.18. The zero-order valence-corrected chi connectivity index (χ0v) is 20.7. The van der Waals surface area contributed by atoms with Gasteiger partial charge < -0.3 is 9.84 Å². The number of aliphatic imine (C=N–C) groups is 1. The lowest BCUT2D eigenvalue weighted by atomic mass is 9.69. The highest BCUT2D eigenvalue weighted by molar-refractivity contribution is 6.09. The molecule has 192 valence electrons. The van der Waals surface area contributed by atoms with Crippen LogP contribution in [0, 0.1) is 16.0 Å². The Morgan fingerprint density at radius 2 is 1.68 bits per heavy atom. The fourth-order valence-corrected chi connectivity index (χ4v) is 5.37. The first kappa shape index (κ1) is 25.1. The van der Waals surface area contributed by atoms with Gasteiger partial charge in [-0.2, -0.15) is 0 Å². The summed E-state index contributed by atoms with van der Waals surface area (Å²) < 4.78 is 5.65. The number of benzene rings is 3. The van der Waals surface area contributed by atoms with Crippen LogP contribution in [-0.2, 0) is 20.9 Å². The Kier molecular flexibility index (Phi) is 6.87. The molecule has 3 aromatic rings. The van der Waals surface area contributed by atoms with Crippen LogP contribution in [0.25, 0.3) is 0 Å². The number of esters is 1. The maximum atomic E-state index is 13.7. The average molecular weight is 510 g/mol. The molecule has 0 amide bonds. The summed E-state index contributed by atoms with van der Waals surface area (Å²) in [4.78, 5) is 42.7. The molecule has 1 aliphatic carbocycles. The van der Waals surface area contributed by atoms with E-state index in [1.807, 2.05) is 60.7 Å². The van der Waals surface area contributed by atoms with Crippen LogP contribution in [0.1, 0.15) is 48.3 Å². The SMILES string of the molecule is CC1=NC2=C(C(=O)C[C@@H](c3ccccc3)C2)[C@H](c2ccc([O-])c([N+](=O)[O-])c2)C1C(=O)OCc1ccccc1. The minimum absolute atomic E-state index is 0.0335. The Labute approximate surface area is 219 Å².